The summed E-state index contributed by atoms with van der Waals surface area (Å²) in [7, 11) is 0. The Hall–Kier alpha value is -1.00. The van der Waals surface area contributed by atoms with E-state index in [9.17, 15) is 9.90 Å². The lowest BCUT2D eigenvalue weighted by Crippen LogP contribution is -2.17. The molecule has 0 fully saturated rings. The highest BCUT2D eigenvalue weighted by Crippen LogP contribution is 2.22. The Labute approximate surface area is 99.5 Å². The Morgan fingerprint density at radius 3 is 2.50 bits per heavy atom. The first-order valence-corrected chi connectivity index (χ1v) is 6.27. The molecule has 4 heteroatoms. The van der Waals surface area contributed by atoms with Crippen molar-refractivity contribution in [3.8, 4) is 0 Å². The molecule has 88 valence electrons. The highest BCUT2D eigenvalue weighted by atomic mass is 32.2. The van der Waals surface area contributed by atoms with E-state index in [-0.39, 0.29) is 0 Å². The standard InChI is InChI=1S/C12H16O3S/c1-2-11(12(14)15)16-8-10(13)9-6-4-3-5-7-9/h3-7,10-11,13H,2,8H2,1H3,(H,14,15). The van der Waals surface area contributed by atoms with Crippen molar-refractivity contribution in [2.75, 3.05) is 5.75 Å². The number of benzene rings is 1. The molecule has 0 aliphatic rings. The highest BCUT2D eigenvalue weighted by Gasteiger charge is 2.17. The summed E-state index contributed by atoms with van der Waals surface area (Å²) in [5, 5.41) is 18.3. The van der Waals surface area contributed by atoms with Crippen molar-refractivity contribution in [1.82, 2.24) is 0 Å². The van der Waals surface area contributed by atoms with Gasteiger partial charge in [-0.1, -0.05) is 37.3 Å². The molecule has 1 rings (SSSR count). The van der Waals surface area contributed by atoms with Gasteiger partial charge in [-0.05, 0) is 12.0 Å². The minimum absolute atomic E-state index is 0.412. The number of thioether (sulfide) groups is 1. The van der Waals surface area contributed by atoms with Gasteiger partial charge in [0.2, 0.25) is 0 Å². The maximum atomic E-state index is 10.8. The average molecular weight is 240 g/mol. The van der Waals surface area contributed by atoms with Gasteiger partial charge in [0.1, 0.15) is 5.25 Å². The number of carboxylic acid groups (broad SMARTS) is 1. The molecule has 3 nitrogen and oxygen atoms in total. The Morgan fingerprint density at radius 2 is 2.00 bits per heavy atom. The molecule has 0 aliphatic heterocycles. The molecule has 0 spiro atoms. The van der Waals surface area contributed by atoms with Crippen LogP contribution in [0.3, 0.4) is 0 Å². The zero-order valence-corrected chi connectivity index (χ0v) is 9.98. The topological polar surface area (TPSA) is 57.5 Å². The normalized spacial score (nSPS) is 14.4. The number of carboxylic acids is 1. The molecule has 0 saturated heterocycles. The minimum Gasteiger partial charge on any atom is -0.480 e. The number of carbonyl (C=O) groups is 1. The molecule has 2 N–H and O–H groups in total. The van der Waals surface area contributed by atoms with E-state index in [1.54, 1.807) is 0 Å². The molecule has 2 unspecified atom stereocenters. The monoisotopic (exact) mass is 240 g/mol. The summed E-state index contributed by atoms with van der Waals surface area (Å²) in [5.41, 5.74) is 0.829. The third kappa shape index (κ3) is 3.87. The van der Waals surface area contributed by atoms with Crippen LogP contribution in [-0.4, -0.2) is 27.2 Å². The van der Waals surface area contributed by atoms with E-state index in [4.69, 9.17) is 5.11 Å². The van der Waals surface area contributed by atoms with Gasteiger partial charge in [-0.2, -0.15) is 0 Å². The van der Waals surface area contributed by atoms with Crippen LogP contribution in [0.1, 0.15) is 25.0 Å². The predicted octanol–water partition coefficient (Wildman–Crippen LogP) is 2.32. The molecule has 1 aromatic rings. The van der Waals surface area contributed by atoms with E-state index in [2.05, 4.69) is 0 Å². The van der Waals surface area contributed by atoms with Gasteiger partial charge < -0.3 is 10.2 Å². The lowest BCUT2D eigenvalue weighted by molar-refractivity contribution is -0.136. The Balaban J connectivity index is 2.46. The van der Waals surface area contributed by atoms with Crippen molar-refractivity contribution in [3.63, 3.8) is 0 Å². The van der Waals surface area contributed by atoms with Crippen LogP contribution >= 0.6 is 11.8 Å². The van der Waals surface area contributed by atoms with Gasteiger partial charge in [0.15, 0.2) is 0 Å². The Bertz CT molecular complexity index is 326. The van der Waals surface area contributed by atoms with Crippen molar-refractivity contribution in [2.24, 2.45) is 0 Å². The maximum absolute atomic E-state index is 10.8. The molecule has 0 heterocycles. The third-order valence-corrected chi connectivity index (χ3v) is 3.73. The van der Waals surface area contributed by atoms with Crippen LogP contribution in [0, 0.1) is 0 Å². The van der Waals surface area contributed by atoms with Gasteiger partial charge >= 0.3 is 5.97 Å². The summed E-state index contributed by atoms with van der Waals surface area (Å²) in [6, 6.07) is 9.28. The van der Waals surface area contributed by atoms with Crippen molar-refractivity contribution < 1.29 is 15.0 Å². The fraction of sp³-hybridized carbons (Fsp3) is 0.417. The molecule has 0 bridgehead atoms. The molecule has 0 aliphatic carbocycles. The molecular formula is C12H16O3S. The number of hydrogen-bond acceptors (Lipinski definition) is 3. The number of aliphatic hydroxyl groups excluding tert-OH is 1. The maximum Gasteiger partial charge on any atom is 0.316 e. The van der Waals surface area contributed by atoms with Crippen LogP contribution in [0.15, 0.2) is 30.3 Å². The van der Waals surface area contributed by atoms with Crippen LogP contribution in [0.4, 0.5) is 0 Å². The summed E-state index contributed by atoms with van der Waals surface area (Å²) in [4.78, 5) is 10.8. The highest BCUT2D eigenvalue weighted by molar-refractivity contribution is 8.00. The average Bonchev–Trinajstić information content (AvgIpc) is 2.30. The van der Waals surface area contributed by atoms with Crippen LogP contribution in [0.2, 0.25) is 0 Å². The first-order chi connectivity index (χ1) is 7.65. The van der Waals surface area contributed by atoms with E-state index in [0.717, 1.165) is 5.56 Å². The van der Waals surface area contributed by atoms with E-state index in [1.807, 2.05) is 37.3 Å². The van der Waals surface area contributed by atoms with E-state index in [0.29, 0.717) is 12.2 Å². The second kappa shape index (κ2) is 6.55. The number of aliphatic hydroxyl groups is 1. The molecule has 0 saturated carbocycles. The third-order valence-electron chi connectivity index (χ3n) is 2.29. The van der Waals surface area contributed by atoms with Crippen LogP contribution in [0.25, 0.3) is 0 Å². The molecule has 0 aromatic heterocycles. The zero-order valence-electron chi connectivity index (χ0n) is 9.17. The van der Waals surface area contributed by atoms with Gasteiger partial charge in [-0.3, -0.25) is 4.79 Å². The lowest BCUT2D eigenvalue weighted by atomic mass is 10.1. The van der Waals surface area contributed by atoms with Gasteiger partial charge in [-0.25, -0.2) is 0 Å². The smallest absolute Gasteiger partial charge is 0.316 e. The van der Waals surface area contributed by atoms with Crippen molar-refractivity contribution in [1.29, 1.82) is 0 Å². The quantitative estimate of drug-likeness (QED) is 0.801. The largest absolute Gasteiger partial charge is 0.480 e. The zero-order chi connectivity index (χ0) is 12.0. The van der Waals surface area contributed by atoms with E-state index >= 15 is 0 Å². The summed E-state index contributed by atoms with van der Waals surface area (Å²) in [6.45, 7) is 1.83. The summed E-state index contributed by atoms with van der Waals surface area (Å²) in [5.74, 6) is -0.401. The summed E-state index contributed by atoms with van der Waals surface area (Å²) in [6.07, 6.45) is -0.0267. The molecule has 0 amide bonds. The SMILES string of the molecule is CCC(SCC(O)c1ccccc1)C(=O)O. The van der Waals surface area contributed by atoms with Crippen LogP contribution < -0.4 is 0 Å². The van der Waals surface area contributed by atoms with Crippen molar-refractivity contribution >= 4 is 17.7 Å². The predicted molar refractivity (Wildman–Crippen MR) is 65.6 cm³/mol. The summed E-state index contributed by atoms with van der Waals surface area (Å²) >= 11 is 1.28. The van der Waals surface area contributed by atoms with Crippen LogP contribution in [0.5, 0.6) is 0 Å². The first kappa shape index (κ1) is 13.1. The minimum atomic E-state index is -0.812. The number of hydrogen-bond donors (Lipinski definition) is 2. The van der Waals surface area contributed by atoms with Crippen molar-refractivity contribution in [3.05, 3.63) is 35.9 Å². The Morgan fingerprint density at radius 1 is 1.38 bits per heavy atom. The van der Waals surface area contributed by atoms with Gasteiger partial charge in [0.25, 0.3) is 0 Å². The van der Waals surface area contributed by atoms with E-state index < -0.39 is 17.3 Å². The van der Waals surface area contributed by atoms with Crippen molar-refractivity contribution in [2.45, 2.75) is 24.7 Å². The molecule has 0 radical (unpaired) electrons. The van der Waals surface area contributed by atoms with Gasteiger partial charge in [0.05, 0.1) is 6.10 Å². The second-order valence-electron chi connectivity index (χ2n) is 3.49. The van der Waals surface area contributed by atoms with Crippen LogP contribution in [-0.2, 0) is 4.79 Å². The lowest BCUT2D eigenvalue weighted by Gasteiger charge is -2.13. The molecule has 2 atom stereocenters. The molecular weight excluding hydrogens is 224 g/mol. The Kier molecular flexibility index (Phi) is 5.35. The number of aliphatic carboxylic acids is 1. The number of rotatable bonds is 6. The summed E-state index contributed by atoms with van der Waals surface area (Å²) < 4.78 is 0. The fourth-order valence-electron chi connectivity index (χ4n) is 1.34. The molecule has 16 heavy (non-hydrogen) atoms. The van der Waals surface area contributed by atoms with Gasteiger partial charge in [-0.15, -0.1) is 11.8 Å². The first-order valence-electron chi connectivity index (χ1n) is 5.22. The second-order valence-corrected chi connectivity index (χ2v) is 4.73. The van der Waals surface area contributed by atoms with E-state index in [1.165, 1.54) is 11.8 Å². The van der Waals surface area contributed by atoms with Gasteiger partial charge in [0, 0.05) is 5.75 Å². The molecule has 1 aromatic carbocycles. The fourth-order valence-corrected chi connectivity index (χ4v) is 2.33.